The molecule has 0 unspecified atom stereocenters. The summed E-state index contributed by atoms with van der Waals surface area (Å²) in [6.45, 7) is 2.14. The van der Waals surface area contributed by atoms with Crippen LogP contribution in [-0.4, -0.2) is 25.5 Å². The Morgan fingerprint density at radius 1 is 1.05 bits per heavy atom. The van der Waals surface area contributed by atoms with E-state index < -0.39 is 0 Å². The number of nitrogens with zero attached hydrogens (tertiary/aromatic N) is 1. The standard InChI is InChI=1S/C17H28N2/c1-19(2)14-16-8-10-17(11-9-16)18-13-12-15-6-4-3-5-7-15/h8-11,15,18H,3-7,12-14H2,1-2H3. The monoisotopic (exact) mass is 260 g/mol. The maximum absolute atomic E-state index is 3.56. The SMILES string of the molecule is CN(C)Cc1ccc(NCCC2CCCCC2)cc1. The lowest BCUT2D eigenvalue weighted by Gasteiger charge is -2.21. The van der Waals surface area contributed by atoms with Gasteiger partial charge < -0.3 is 10.2 Å². The Kier molecular flexibility index (Phi) is 5.71. The van der Waals surface area contributed by atoms with Gasteiger partial charge in [0.25, 0.3) is 0 Å². The van der Waals surface area contributed by atoms with Crippen molar-refractivity contribution >= 4 is 5.69 Å². The van der Waals surface area contributed by atoms with Crippen molar-refractivity contribution < 1.29 is 0 Å². The molecule has 0 amide bonds. The van der Waals surface area contributed by atoms with Gasteiger partial charge in [0, 0.05) is 18.8 Å². The minimum absolute atomic E-state index is 0.967. The number of anilines is 1. The van der Waals surface area contributed by atoms with Crippen LogP contribution in [-0.2, 0) is 6.54 Å². The molecule has 1 fully saturated rings. The minimum atomic E-state index is 0.967. The van der Waals surface area contributed by atoms with Gasteiger partial charge in [-0.1, -0.05) is 44.2 Å². The summed E-state index contributed by atoms with van der Waals surface area (Å²) in [5, 5.41) is 3.56. The zero-order valence-corrected chi connectivity index (χ0v) is 12.5. The molecule has 2 rings (SSSR count). The highest BCUT2D eigenvalue weighted by molar-refractivity contribution is 5.44. The average molecular weight is 260 g/mol. The molecule has 2 nitrogen and oxygen atoms in total. The molecule has 0 heterocycles. The number of benzene rings is 1. The fourth-order valence-electron chi connectivity index (χ4n) is 2.99. The third kappa shape index (κ3) is 5.23. The first kappa shape index (κ1) is 14.4. The predicted molar refractivity (Wildman–Crippen MR) is 83.5 cm³/mol. The molecule has 1 aromatic carbocycles. The summed E-state index contributed by atoms with van der Waals surface area (Å²) in [6, 6.07) is 8.87. The van der Waals surface area contributed by atoms with Crippen LogP contribution in [0.25, 0.3) is 0 Å². The van der Waals surface area contributed by atoms with Crippen LogP contribution in [0.1, 0.15) is 44.1 Å². The van der Waals surface area contributed by atoms with E-state index in [1.807, 2.05) is 0 Å². The Morgan fingerprint density at radius 3 is 2.37 bits per heavy atom. The lowest BCUT2D eigenvalue weighted by molar-refractivity contribution is 0.345. The van der Waals surface area contributed by atoms with E-state index in [0.29, 0.717) is 0 Å². The molecule has 0 bridgehead atoms. The fourth-order valence-corrected chi connectivity index (χ4v) is 2.99. The Bertz CT molecular complexity index is 350. The predicted octanol–water partition coefficient (Wildman–Crippen LogP) is 4.13. The van der Waals surface area contributed by atoms with Gasteiger partial charge in [-0.15, -0.1) is 0 Å². The topological polar surface area (TPSA) is 15.3 Å². The molecule has 0 aromatic heterocycles. The largest absolute Gasteiger partial charge is 0.385 e. The van der Waals surface area contributed by atoms with E-state index in [4.69, 9.17) is 0 Å². The number of nitrogens with one attached hydrogen (secondary N) is 1. The highest BCUT2D eigenvalue weighted by Crippen LogP contribution is 2.26. The summed E-state index contributed by atoms with van der Waals surface area (Å²) in [5.74, 6) is 0.967. The van der Waals surface area contributed by atoms with Gasteiger partial charge in [-0.3, -0.25) is 0 Å². The van der Waals surface area contributed by atoms with Crippen molar-refractivity contribution in [1.82, 2.24) is 4.90 Å². The summed E-state index contributed by atoms with van der Waals surface area (Å²) < 4.78 is 0. The smallest absolute Gasteiger partial charge is 0.0340 e. The average Bonchev–Trinajstić information content (AvgIpc) is 2.41. The maximum Gasteiger partial charge on any atom is 0.0340 e. The van der Waals surface area contributed by atoms with Gasteiger partial charge in [-0.05, 0) is 44.1 Å². The van der Waals surface area contributed by atoms with Crippen LogP contribution in [0.2, 0.25) is 0 Å². The second-order valence-corrected chi connectivity index (χ2v) is 6.15. The van der Waals surface area contributed by atoms with Crippen LogP contribution in [0.15, 0.2) is 24.3 Å². The summed E-state index contributed by atoms with van der Waals surface area (Å²) >= 11 is 0. The molecule has 0 radical (unpaired) electrons. The summed E-state index contributed by atoms with van der Waals surface area (Å²) in [6.07, 6.45) is 8.58. The van der Waals surface area contributed by atoms with Gasteiger partial charge in [0.15, 0.2) is 0 Å². The summed E-state index contributed by atoms with van der Waals surface area (Å²) in [5.41, 5.74) is 2.64. The molecule has 1 aliphatic carbocycles. The molecule has 0 spiro atoms. The number of hydrogen-bond donors (Lipinski definition) is 1. The van der Waals surface area contributed by atoms with Crippen LogP contribution >= 0.6 is 0 Å². The Balaban J connectivity index is 1.70. The van der Waals surface area contributed by atoms with Crippen molar-refractivity contribution in [3.8, 4) is 0 Å². The van der Waals surface area contributed by atoms with Crippen molar-refractivity contribution in [2.24, 2.45) is 5.92 Å². The van der Waals surface area contributed by atoms with Gasteiger partial charge in [0.1, 0.15) is 0 Å². The first-order chi connectivity index (χ1) is 9.24. The minimum Gasteiger partial charge on any atom is -0.385 e. The zero-order valence-electron chi connectivity index (χ0n) is 12.5. The lowest BCUT2D eigenvalue weighted by atomic mass is 9.87. The van der Waals surface area contributed by atoms with Gasteiger partial charge in [-0.25, -0.2) is 0 Å². The number of hydrogen-bond acceptors (Lipinski definition) is 2. The van der Waals surface area contributed by atoms with E-state index in [1.165, 1.54) is 49.8 Å². The van der Waals surface area contributed by atoms with Crippen molar-refractivity contribution in [2.45, 2.75) is 45.1 Å². The highest BCUT2D eigenvalue weighted by atomic mass is 15.0. The van der Waals surface area contributed by atoms with Crippen LogP contribution < -0.4 is 5.32 Å². The van der Waals surface area contributed by atoms with Crippen LogP contribution in [0.4, 0.5) is 5.69 Å². The molecule has 1 aromatic rings. The van der Waals surface area contributed by atoms with E-state index in [0.717, 1.165) is 19.0 Å². The summed E-state index contributed by atoms with van der Waals surface area (Å²) in [4.78, 5) is 2.20. The molecule has 106 valence electrons. The van der Waals surface area contributed by atoms with Gasteiger partial charge >= 0.3 is 0 Å². The first-order valence-electron chi connectivity index (χ1n) is 7.71. The lowest BCUT2D eigenvalue weighted by Crippen LogP contribution is -2.12. The molecular weight excluding hydrogens is 232 g/mol. The molecule has 1 aliphatic rings. The molecule has 19 heavy (non-hydrogen) atoms. The van der Waals surface area contributed by atoms with E-state index in [-0.39, 0.29) is 0 Å². The maximum atomic E-state index is 3.56. The third-order valence-electron chi connectivity index (χ3n) is 4.06. The van der Waals surface area contributed by atoms with Crippen LogP contribution in [0.3, 0.4) is 0 Å². The van der Waals surface area contributed by atoms with Gasteiger partial charge in [-0.2, -0.15) is 0 Å². The van der Waals surface area contributed by atoms with E-state index >= 15 is 0 Å². The molecule has 2 heteroatoms. The Labute approximate surface area is 118 Å². The fraction of sp³-hybridized carbons (Fsp3) is 0.647. The molecule has 1 N–H and O–H groups in total. The van der Waals surface area contributed by atoms with E-state index in [2.05, 4.69) is 48.6 Å². The molecule has 0 saturated heterocycles. The van der Waals surface area contributed by atoms with E-state index in [1.54, 1.807) is 0 Å². The van der Waals surface area contributed by atoms with Crippen LogP contribution in [0, 0.1) is 5.92 Å². The van der Waals surface area contributed by atoms with Crippen molar-refractivity contribution in [1.29, 1.82) is 0 Å². The second kappa shape index (κ2) is 7.54. The van der Waals surface area contributed by atoms with Gasteiger partial charge in [0.05, 0.1) is 0 Å². The quantitative estimate of drug-likeness (QED) is 0.827. The van der Waals surface area contributed by atoms with Crippen molar-refractivity contribution in [2.75, 3.05) is 26.0 Å². The third-order valence-corrected chi connectivity index (χ3v) is 4.06. The highest BCUT2D eigenvalue weighted by Gasteiger charge is 2.12. The van der Waals surface area contributed by atoms with Gasteiger partial charge in [0.2, 0.25) is 0 Å². The normalized spacial score (nSPS) is 16.8. The molecule has 1 saturated carbocycles. The zero-order chi connectivity index (χ0) is 13.5. The van der Waals surface area contributed by atoms with Crippen molar-refractivity contribution in [3.63, 3.8) is 0 Å². The van der Waals surface area contributed by atoms with Crippen molar-refractivity contribution in [3.05, 3.63) is 29.8 Å². The number of rotatable bonds is 6. The molecule has 0 atom stereocenters. The first-order valence-corrected chi connectivity index (χ1v) is 7.71. The summed E-state index contributed by atoms with van der Waals surface area (Å²) in [7, 11) is 4.21. The molecular formula is C17H28N2. The van der Waals surface area contributed by atoms with Crippen LogP contribution in [0.5, 0.6) is 0 Å². The van der Waals surface area contributed by atoms with E-state index in [9.17, 15) is 0 Å². The Morgan fingerprint density at radius 2 is 1.74 bits per heavy atom. The molecule has 0 aliphatic heterocycles. The second-order valence-electron chi connectivity index (χ2n) is 6.15. The Hall–Kier alpha value is -1.02.